The number of amidine groups is 1. The summed E-state index contributed by atoms with van der Waals surface area (Å²) in [6.45, 7) is -0.123. The molecule has 4 N–H and O–H groups in total. The van der Waals surface area contributed by atoms with Gasteiger partial charge in [0.2, 0.25) is 0 Å². The molecular weight excluding hydrogens is 294 g/mol. The highest BCUT2D eigenvalue weighted by molar-refractivity contribution is 7.92. The summed E-state index contributed by atoms with van der Waals surface area (Å²) in [6, 6.07) is 6.49. The van der Waals surface area contributed by atoms with Crippen molar-refractivity contribution in [2.24, 2.45) is 12.8 Å². The number of anilines is 1. The summed E-state index contributed by atoms with van der Waals surface area (Å²) in [5.41, 5.74) is 5.47. The topological polar surface area (TPSA) is 123 Å². The SMILES string of the molecule is Cn1cnc(S(=O)(=O)Nc2ccccc2OCC(=N)N)c1. The van der Waals surface area contributed by atoms with E-state index in [0.717, 1.165) is 0 Å². The third-order valence-electron chi connectivity index (χ3n) is 2.47. The molecule has 0 bridgehead atoms. The molecule has 0 radical (unpaired) electrons. The van der Waals surface area contributed by atoms with Crippen LogP contribution in [0.3, 0.4) is 0 Å². The van der Waals surface area contributed by atoms with E-state index in [1.165, 1.54) is 17.1 Å². The standard InChI is InChI=1S/C12H15N5O3S/c1-17-6-12(15-8-17)21(18,19)16-9-4-2-3-5-10(9)20-7-11(13)14/h2-6,8,16H,7H2,1H3,(H3,13,14). The summed E-state index contributed by atoms with van der Waals surface area (Å²) in [7, 11) is -2.12. The second-order valence-corrected chi connectivity index (χ2v) is 5.92. The van der Waals surface area contributed by atoms with Gasteiger partial charge in [0.25, 0.3) is 10.0 Å². The van der Waals surface area contributed by atoms with Crippen LogP contribution in [0.5, 0.6) is 5.75 Å². The van der Waals surface area contributed by atoms with E-state index in [4.69, 9.17) is 15.9 Å². The summed E-state index contributed by atoms with van der Waals surface area (Å²) >= 11 is 0. The molecule has 21 heavy (non-hydrogen) atoms. The molecule has 1 aromatic carbocycles. The van der Waals surface area contributed by atoms with Gasteiger partial charge < -0.3 is 15.0 Å². The molecule has 8 nitrogen and oxygen atoms in total. The number of ether oxygens (including phenoxy) is 1. The third-order valence-corrected chi connectivity index (χ3v) is 3.72. The Morgan fingerprint density at radius 2 is 2.19 bits per heavy atom. The number of nitrogens with one attached hydrogen (secondary N) is 2. The molecule has 0 spiro atoms. The number of para-hydroxylation sites is 2. The van der Waals surface area contributed by atoms with Crippen molar-refractivity contribution in [2.45, 2.75) is 5.03 Å². The van der Waals surface area contributed by atoms with Gasteiger partial charge in [0, 0.05) is 13.2 Å². The lowest BCUT2D eigenvalue weighted by atomic mass is 10.3. The zero-order chi connectivity index (χ0) is 15.5. The molecule has 0 fully saturated rings. The van der Waals surface area contributed by atoms with E-state index in [1.807, 2.05) is 0 Å². The van der Waals surface area contributed by atoms with E-state index in [-0.39, 0.29) is 28.9 Å². The number of hydrogen-bond donors (Lipinski definition) is 3. The molecule has 0 saturated carbocycles. The minimum Gasteiger partial charge on any atom is -0.484 e. The Kier molecular flexibility index (Phi) is 4.13. The van der Waals surface area contributed by atoms with Crippen molar-refractivity contribution in [2.75, 3.05) is 11.3 Å². The maximum atomic E-state index is 12.2. The summed E-state index contributed by atoms with van der Waals surface area (Å²) < 4.78 is 33.6. The van der Waals surface area contributed by atoms with E-state index in [1.54, 1.807) is 31.3 Å². The molecule has 0 aliphatic heterocycles. The van der Waals surface area contributed by atoms with Crippen molar-refractivity contribution in [3.63, 3.8) is 0 Å². The normalized spacial score (nSPS) is 11.1. The minimum absolute atomic E-state index is 0.0913. The summed E-state index contributed by atoms with van der Waals surface area (Å²) in [4.78, 5) is 3.81. The van der Waals surface area contributed by atoms with Gasteiger partial charge in [-0.05, 0) is 12.1 Å². The van der Waals surface area contributed by atoms with Crippen molar-refractivity contribution in [3.05, 3.63) is 36.8 Å². The first kappa shape index (κ1) is 14.9. The largest absolute Gasteiger partial charge is 0.484 e. The summed E-state index contributed by atoms with van der Waals surface area (Å²) in [5, 5.41) is 7.04. The fraction of sp³-hybridized carbons (Fsp3) is 0.167. The molecule has 2 rings (SSSR count). The van der Waals surface area contributed by atoms with Crippen LogP contribution < -0.4 is 15.2 Å². The van der Waals surface area contributed by atoms with Gasteiger partial charge in [-0.3, -0.25) is 10.1 Å². The van der Waals surface area contributed by atoms with Gasteiger partial charge in [-0.2, -0.15) is 8.42 Å². The molecule has 0 amide bonds. The Hall–Kier alpha value is -2.55. The number of aromatic nitrogens is 2. The van der Waals surface area contributed by atoms with Crippen LogP contribution in [-0.2, 0) is 17.1 Å². The van der Waals surface area contributed by atoms with Gasteiger partial charge in [-0.25, -0.2) is 4.98 Å². The van der Waals surface area contributed by atoms with Crippen molar-refractivity contribution in [3.8, 4) is 5.75 Å². The van der Waals surface area contributed by atoms with Crippen molar-refractivity contribution < 1.29 is 13.2 Å². The molecule has 9 heteroatoms. The molecule has 0 atom stereocenters. The minimum atomic E-state index is -3.80. The number of rotatable bonds is 6. The molecule has 0 aliphatic carbocycles. The molecule has 1 heterocycles. The number of imidazole rings is 1. The predicted octanol–water partition coefficient (Wildman–Crippen LogP) is 0.536. The van der Waals surface area contributed by atoms with E-state index in [2.05, 4.69) is 9.71 Å². The average molecular weight is 309 g/mol. The first-order valence-electron chi connectivity index (χ1n) is 5.94. The third kappa shape index (κ3) is 3.72. The molecule has 0 saturated heterocycles. The van der Waals surface area contributed by atoms with Gasteiger partial charge in [-0.1, -0.05) is 12.1 Å². The van der Waals surface area contributed by atoms with E-state index in [9.17, 15) is 8.42 Å². The lowest BCUT2D eigenvalue weighted by Crippen LogP contribution is -2.20. The molecule has 0 unspecified atom stereocenters. The second-order valence-electron chi connectivity index (χ2n) is 4.29. The van der Waals surface area contributed by atoms with Gasteiger partial charge >= 0.3 is 0 Å². The quantitative estimate of drug-likeness (QED) is 0.530. The van der Waals surface area contributed by atoms with Gasteiger partial charge in [0.15, 0.2) is 5.03 Å². The number of benzene rings is 1. The highest BCUT2D eigenvalue weighted by Crippen LogP contribution is 2.26. The molecule has 0 aliphatic rings. The highest BCUT2D eigenvalue weighted by atomic mass is 32.2. The fourth-order valence-electron chi connectivity index (χ4n) is 1.56. The maximum absolute atomic E-state index is 12.2. The highest BCUT2D eigenvalue weighted by Gasteiger charge is 2.19. The summed E-state index contributed by atoms with van der Waals surface area (Å²) in [6.07, 6.45) is 2.79. The maximum Gasteiger partial charge on any atom is 0.281 e. The van der Waals surface area contributed by atoms with Gasteiger partial charge in [-0.15, -0.1) is 0 Å². The Balaban J connectivity index is 2.25. The Morgan fingerprint density at radius 3 is 2.81 bits per heavy atom. The Morgan fingerprint density at radius 1 is 1.48 bits per heavy atom. The van der Waals surface area contributed by atoms with Crippen LogP contribution in [0.4, 0.5) is 5.69 Å². The predicted molar refractivity (Wildman–Crippen MR) is 77.9 cm³/mol. The Bertz CT molecular complexity index is 754. The van der Waals surface area contributed by atoms with Crippen LogP contribution in [0.2, 0.25) is 0 Å². The second kappa shape index (κ2) is 5.83. The number of aryl methyl sites for hydroxylation is 1. The van der Waals surface area contributed by atoms with Crippen LogP contribution in [0.15, 0.2) is 41.8 Å². The average Bonchev–Trinajstić information content (AvgIpc) is 2.85. The zero-order valence-electron chi connectivity index (χ0n) is 11.3. The lowest BCUT2D eigenvalue weighted by molar-refractivity contribution is 0.376. The van der Waals surface area contributed by atoms with E-state index >= 15 is 0 Å². The monoisotopic (exact) mass is 309 g/mol. The van der Waals surface area contributed by atoms with Crippen LogP contribution in [0, 0.1) is 5.41 Å². The Labute approximate surface area is 122 Å². The van der Waals surface area contributed by atoms with Crippen molar-refractivity contribution >= 4 is 21.5 Å². The fourth-order valence-corrected chi connectivity index (χ4v) is 2.61. The van der Waals surface area contributed by atoms with Crippen LogP contribution in [0.1, 0.15) is 0 Å². The molecule has 2 aromatic rings. The molecular formula is C12H15N5O3S. The van der Waals surface area contributed by atoms with E-state index < -0.39 is 10.0 Å². The number of nitrogens with two attached hydrogens (primary N) is 1. The van der Waals surface area contributed by atoms with Crippen molar-refractivity contribution in [1.82, 2.24) is 9.55 Å². The lowest BCUT2D eigenvalue weighted by Gasteiger charge is -2.12. The molecule has 112 valence electrons. The number of sulfonamides is 1. The first-order chi connectivity index (χ1) is 9.88. The van der Waals surface area contributed by atoms with E-state index in [0.29, 0.717) is 0 Å². The van der Waals surface area contributed by atoms with Gasteiger partial charge in [0.05, 0.1) is 12.0 Å². The molecule has 1 aromatic heterocycles. The number of hydrogen-bond acceptors (Lipinski definition) is 5. The number of nitrogens with zero attached hydrogens (tertiary/aromatic N) is 2. The van der Waals surface area contributed by atoms with Crippen LogP contribution >= 0.6 is 0 Å². The van der Waals surface area contributed by atoms with Crippen LogP contribution in [-0.4, -0.2) is 30.4 Å². The van der Waals surface area contributed by atoms with Crippen molar-refractivity contribution in [1.29, 1.82) is 5.41 Å². The van der Waals surface area contributed by atoms with Gasteiger partial charge in [0.1, 0.15) is 18.2 Å². The zero-order valence-corrected chi connectivity index (χ0v) is 12.1. The smallest absolute Gasteiger partial charge is 0.281 e. The summed E-state index contributed by atoms with van der Waals surface area (Å²) in [5.74, 6) is 0.129. The first-order valence-corrected chi connectivity index (χ1v) is 7.42. The van der Waals surface area contributed by atoms with Crippen LogP contribution in [0.25, 0.3) is 0 Å².